The van der Waals surface area contributed by atoms with Gasteiger partial charge >= 0.3 is 0 Å². The zero-order valence-electron chi connectivity index (χ0n) is 15.9. The molecule has 26 heavy (non-hydrogen) atoms. The van der Waals surface area contributed by atoms with Gasteiger partial charge in [-0.15, -0.1) is 0 Å². The van der Waals surface area contributed by atoms with Crippen LogP contribution in [0.1, 0.15) is 25.0 Å². The molecule has 1 aliphatic heterocycles. The lowest BCUT2D eigenvalue weighted by molar-refractivity contribution is -0.134. The van der Waals surface area contributed by atoms with Crippen LogP contribution in [-0.2, 0) is 18.3 Å². The standard InChI is InChI=1S/C21H26BrN3O/c1-5-25(6-2)21(26)13-10-15-14-8-7-9-17-19(14)16(20(22)24(17)4)11-18(15)23(3)12-13/h7-10,13,18H,5-6,11-12H2,1-4H3/t13-,18-/m1/s1/i4-1. The molecule has 1 aromatic heterocycles. The van der Waals surface area contributed by atoms with E-state index in [9.17, 15) is 4.79 Å². The van der Waals surface area contributed by atoms with Crippen molar-refractivity contribution >= 4 is 38.3 Å². The Kier molecular flexibility index (Phi) is 4.48. The Labute approximate surface area is 163 Å². The first-order valence-electron chi connectivity index (χ1n) is 9.44. The Morgan fingerprint density at radius 3 is 2.69 bits per heavy atom. The monoisotopic (exact) mass is 414 g/mol. The fourth-order valence-electron chi connectivity index (χ4n) is 4.68. The average Bonchev–Trinajstić information content (AvgIpc) is 2.89. The third kappa shape index (κ3) is 2.48. The summed E-state index contributed by atoms with van der Waals surface area (Å²) in [6.45, 7) is 6.44. The van der Waals surface area contributed by atoms with Crippen molar-refractivity contribution in [1.82, 2.24) is 14.4 Å². The quantitative estimate of drug-likeness (QED) is 0.765. The zero-order chi connectivity index (χ0) is 18.6. The highest BCUT2D eigenvalue weighted by atomic mass is 79.9. The van der Waals surface area contributed by atoms with Crippen LogP contribution in [0.5, 0.6) is 0 Å². The van der Waals surface area contributed by atoms with Crippen molar-refractivity contribution in [3.05, 3.63) is 40.0 Å². The van der Waals surface area contributed by atoms with Gasteiger partial charge in [0.05, 0.1) is 10.5 Å². The van der Waals surface area contributed by atoms with Crippen LogP contribution in [0.25, 0.3) is 16.5 Å². The number of aromatic nitrogens is 1. The number of amides is 1. The Morgan fingerprint density at radius 1 is 1.27 bits per heavy atom. The number of nitrogens with zero attached hydrogens (tertiary/aromatic N) is 3. The predicted octanol–water partition coefficient (Wildman–Crippen LogP) is 3.68. The van der Waals surface area contributed by atoms with E-state index in [-0.39, 0.29) is 11.8 Å². The highest BCUT2D eigenvalue weighted by Crippen LogP contribution is 2.44. The molecular weight excluding hydrogens is 389 g/mol. The third-order valence-corrected chi connectivity index (χ3v) is 7.12. The summed E-state index contributed by atoms with van der Waals surface area (Å²) in [5.74, 6) is 0.190. The zero-order valence-corrected chi connectivity index (χ0v) is 17.5. The van der Waals surface area contributed by atoms with Gasteiger partial charge in [-0.3, -0.25) is 9.69 Å². The van der Waals surface area contributed by atoms with Crippen LogP contribution in [0.4, 0.5) is 0 Å². The third-order valence-electron chi connectivity index (χ3n) is 6.11. The van der Waals surface area contributed by atoms with Gasteiger partial charge in [0.15, 0.2) is 0 Å². The maximum Gasteiger partial charge on any atom is 0.230 e. The molecule has 2 aliphatic rings. The summed E-state index contributed by atoms with van der Waals surface area (Å²) in [5, 5.41) is 1.34. The molecule has 0 radical (unpaired) electrons. The number of carbonyl (C=O) groups is 1. The molecule has 4 nitrogen and oxygen atoms in total. The predicted molar refractivity (Wildman–Crippen MR) is 110 cm³/mol. The van der Waals surface area contributed by atoms with Crippen LogP contribution in [0, 0.1) is 5.92 Å². The number of halogens is 1. The molecule has 0 N–H and O–H groups in total. The Balaban J connectivity index is 1.86. The van der Waals surface area contributed by atoms with Crippen LogP contribution in [0.15, 0.2) is 28.9 Å². The van der Waals surface area contributed by atoms with E-state index < -0.39 is 0 Å². The lowest BCUT2D eigenvalue weighted by Crippen LogP contribution is -2.47. The summed E-state index contributed by atoms with van der Waals surface area (Å²) >= 11 is 3.80. The first kappa shape index (κ1) is 17.8. The van der Waals surface area contributed by atoms with Crippen molar-refractivity contribution in [1.29, 1.82) is 0 Å². The Bertz CT molecular complexity index is 910. The SMILES string of the molecule is CCN(CC)C(=O)[C@@H]1C=C2c3cccc4c3c(c(Br)n4[11CH3])C[C@H]2N(C)C1. The van der Waals surface area contributed by atoms with E-state index in [0.717, 1.165) is 26.1 Å². The van der Waals surface area contributed by atoms with Gasteiger partial charge in [0.1, 0.15) is 0 Å². The molecule has 2 heterocycles. The first-order valence-corrected chi connectivity index (χ1v) is 10.2. The van der Waals surface area contributed by atoms with E-state index >= 15 is 0 Å². The maximum atomic E-state index is 13.0. The van der Waals surface area contributed by atoms with E-state index in [2.05, 4.69) is 77.6 Å². The molecule has 5 heteroatoms. The minimum Gasteiger partial charge on any atom is -0.343 e. The molecule has 0 saturated heterocycles. The van der Waals surface area contributed by atoms with Crippen molar-refractivity contribution in [2.75, 3.05) is 26.7 Å². The molecule has 0 unspecified atom stereocenters. The van der Waals surface area contributed by atoms with Crippen molar-refractivity contribution < 1.29 is 4.79 Å². The average molecular weight is 415 g/mol. The lowest BCUT2D eigenvalue weighted by Gasteiger charge is -2.40. The van der Waals surface area contributed by atoms with Gasteiger partial charge in [-0.25, -0.2) is 0 Å². The maximum absolute atomic E-state index is 13.0. The molecular formula is C21H26BrN3O. The van der Waals surface area contributed by atoms with Crippen molar-refractivity contribution in [3.63, 3.8) is 0 Å². The lowest BCUT2D eigenvalue weighted by atomic mass is 9.79. The summed E-state index contributed by atoms with van der Waals surface area (Å²) in [4.78, 5) is 17.3. The van der Waals surface area contributed by atoms with Crippen LogP contribution >= 0.6 is 15.9 Å². The summed E-state index contributed by atoms with van der Waals surface area (Å²) in [6.07, 6.45) is 3.24. The smallest absolute Gasteiger partial charge is 0.230 e. The van der Waals surface area contributed by atoms with Crippen LogP contribution in [0.2, 0.25) is 0 Å². The van der Waals surface area contributed by atoms with Crippen LogP contribution < -0.4 is 0 Å². The summed E-state index contributed by atoms with van der Waals surface area (Å²) in [7, 11) is 4.27. The van der Waals surface area contributed by atoms with Crippen LogP contribution in [0.3, 0.4) is 0 Å². The number of aryl methyl sites for hydroxylation is 1. The van der Waals surface area contributed by atoms with E-state index in [1.54, 1.807) is 0 Å². The molecule has 1 aliphatic carbocycles. The van der Waals surface area contributed by atoms with Gasteiger partial charge in [-0.1, -0.05) is 18.2 Å². The van der Waals surface area contributed by atoms with E-state index in [1.165, 1.54) is 32.2 Å². The van der Waals surface area contributed by atoms with Gasteiger partial charge < -0.3 is 9.47 Å². The number of likely N-dealkylation sites (N-methyl/N-ethyl adjacent to an activating group) is 1. The summed E-state index contributed by atoms with van der Waals surface area (Å²) < 4.78 is 3.40. The molecule has 2 atom stereocenters. The minimum atomic E-state index is -0.0601. The fourth-order valence-corrected chi connectivity index (χ4v) is 5.23. The van der Waals surface area contributed by atoms with Gasteiger partial charge in [0.2, 0.25) is 5.91 Å². The minimum absolute atomic E-state index is 0.0601. The summed E-state index contributed by atoms with van der Waals surface area (Å²) in [6, 6.07) is 6.87. The normalized spacial score (nSPS) is 22.3. The number of hydrogen-bond acceptors (Lipinski definition) is 2. The Morgan fingerprint density at radius 2 is 2.00 bits per heavy atom. The number of benzene rings is 1. The number of rotatable bonds is 3. The van der Waals surface area contributed by atoms with E-state index in [4.69, 9.17) is 0 Å². The molecule has 0 spiro atoms. The number of fused-ring (bicyclic) bond motifs is 2. The Hall–Kier alpha value is -1.59. The van der Waals surface area contributed by atoms with Crippen molar-refractivity contribution in [2.24, 2.45) is 13.0 Å². The number of carbonyl (C=O) groups excluding carboxylic acids is 1. The van der Waals surface area contributed by atoms with E-state index in [1.807, 2.05) is 4.90 Å². The van der Waals surface area contributed by atoms with Crippen molar-refractivity contribution in [3.8, 4) is 0 Å². The van der Waals surface area contributed by atoms with Gasteiger partial charge in [0.25, 0.3) is 0 Å². The molecule has 1 amide bonds. The van der Waals surface area contributed by atoms with E-state index in [0.29, 0.717) is 6.04 Å². The highest BCUT2D eigenvalue weighted by molar-refractivity contribution is 9.10. The molecule has 0 fully saturated rings. The topological polar surface area (TPSA) is 28.5 Å². The highest BCUT2D eigenvalue weighted by Gasteiger charge is 2.37. The molecule has 2 aromatic rings. The fraction of sp³-hybridized carbons (Fsp3) is 0.476. The second-order valence-electron chi connectivity index (χ2n) is 7.43. The van der Waals surface area contributed by atoms with Crippen LogP contribution in [-0.4, -0.2) is 53.0 Å². The van der Waals surface area contributed by atoms with Gasteiger partial charge in [0, 0.05) is 43.6 Å². The molecule has 138 valence electrons. The van der Waals surface area contributed by atoms with Gasteiger partial charge in [-0.05, 0) is 66.0 Å². The second kappa shape index (κ2) is 6.54. The molecule has 4 rings (SSSR count). The second-order valence-corrected chi connectivity index (χ2v) is 8.18. The van der Waals surface area contributed by atoms with Gasteiger partial charge in [-0.2, -0.15) is 0 Å². The first-order chi connectivity index (χ1) is 12.5. The molecule has 0 saturated carbocycles. The molecule has 0 bridgehead atoms. The molecule has 1 aromatic carbocycles. The van der Waals surface area contributed by atoms with Crippen molar-refractivity contribution in [2.45, 2.75) is 26.3 Å². The summed E-state index contributed by atoms with van der Waals surface area (Å²) in [5.41, 5.74) is 5.25. The number of hydrogen-bond donors (Lipinski definition) is 0. The largest absolute Gasteiger partial charge is 0.343 e.